The molecule has 0 amide bonds. The number of nitrogens with one attached hydrogen (secondary N) is 1. The molecule has 4 heteroatoms. The summed E-state index contributed by atoms with van der Waals surface area (Å²) in [6.45, 7) is 0. The van der Waals surface area contributed by atoms with Gasteiger partial charge in [-0.15, -0.1) is 12.4 Å². The van der Waals surface area contributed by atoms with Crippen LogP contribution in [-0.2, 0) is 11.2 Å². The van der Waals surface area contributed by atoms with Crippen molar-refractivity contribution in [1.29, 1.82) is 0 Å². The number of rotatable bonds is 0. The minimum Gasteiger partial charge on any atom is -0.610 e. The van der Waals surface area contributed by atoms with E-state index in [0.29, 0.717) is 5.88 Å². The van der Waals surface area contributed by atoms with Gasteiger partial charge in [0.1, 0.15) is 0 Å². The number of benzene rings is 1. The summed E-state index contributed by atoms with van der Waals surface area (Å²) in [7, 11) is 0. The first-order valence-electron chi connectivity index (χ1n) is 3.09. The maximum atomic E-state index is 11.1. The average Bonchev–Trinajstić information content (AvgIpc) is 2.34. The number of halogens is 1. The molecule has 2 rings (SSSR count). The van der Waals surface area contributed by atoms with E-state index in [1.54, 1.807) is 0 Å². The summed E-state index contributed by atoms with van der Waals surface area (Å²) in [6.07, 6.45) is 0. The van der Waals surface area contributed by atoms with Crippen molar-refractivity contribution in [3.05, 3.63) is 24.3 Å². The number of hydrogen-bond donors (Lipinski definition) is 1. The normalized spacial score (nSPS) is 19.9. The second kappa shape index (κ2) is 3.34. The smallest absolute Gasteiger partial charge is 0.181 e. The molecule has 0 radical (unpaired) electrons. The third-order valence-corrected chi connectivity index (χ3v) is 2.78. The average molecular weight is 190 g/mol. The molecule has 1 heterocycles. The Balaban J connectivity index is 0.000000605. The van der Waals surface area contributed by atoms with Crippen molar-refractivity contribution in [2.45, 2.75) is 4.90 Å². The van der Waals surface area contributed by atoms with Crippen LogP contribution in [0.15, 0.2) is 29.2 Å². The van der Waals surface area contributed by atoms with Crippen LogP contribution in [0.4, 0.5) is 5.69 Å². The zero-order valence-electron chi connectivity index (χ0n) is 5.74. The van der Waals surface area contributed by atoms with Gasteiger partial charge in [-0.25, -0.2) is 0 Å². The van der Waals surface area contributed by atoms with Crippen molar-refractivity contribution in [1.82, 2.24) is 0 Å². The molecule has 0 aromatic heterocycles. The van der Waals surface area contributed by atoms with Gasteiger partial charge in [-0.2, -0.15) is 0 Å². The van der Waals surface area contributed by atoms with E-state index in [-0.39, 0.29) is 12.4 Å². The number of fused-ring (bicyclic) bond motifs is 1. The van der Waals surface area contributed by atoms with Crippen LogP contribution in [0.25, 0.3) is 0 Å². The largest absolute Gasteiger partial charge is 0.610 e. The molecule has 1 aliphatic rings. The second-order valence-corrected chi connectivity index (χ2v) is 3.58. The first-order chi connectivity index (χ1) is 4.88. The van der Waals surface area contributed by atoms with Crippen molar-refractivity contribution < 1.29 is 4.55 Å². The quantitative estimate of drug-likeness (QED) is 0.630. The highest BCUT2D eigenvalue weighted by Gasteiger charge is 2.21. The lowest BCUT2D eigenvalue weighted by Crippen LogP contribution is -2.02. The Morgan fingerprint density at radius 3 is 2.82 bits per heavy atom. The predicted molar refractivity (Wildman–Crippen MR) is 48.6 cm³/mol. The Bertz CT molecular complexity index is 256. The van der Waals surface area contributed by atoms with Gasteiger partial charge in [-0.1, -0.05) is 12.1 Å². The molecule has 0 bridgehead atoms. The Morgan fingerprint density at radius 2 is 2.09 bits per heavy atom. The Morgan fingerprint density at radius 1 is 1.36 bits per heavy atom. The van der Waals surface area contributed by atoms with Crippen molar-refractivity contribution in [3.8, 4) is 0 Å². The van der Waals surface area contributed by atoms with Crippen molar-refractivity contribution >= 4 is 29.3 Å². The molecule has 0 fully saturated rings. The van der Waals surface area contributed by atoms with Gasteiger partial charge < -0.3 is 9.87 Å². The van der Waals surface area contributed by atoms with E-state index in [1.165, 1.54) is 0 Å². The van der Waals surface area contributed by atoms with E-state index >= 15 is 0 Å². The predicted octanol–water partition coefficient (Wildman–Crippen LogP) is 1.60. The highest BCUT2D eigenvalue weighted by molar-refractivity contribution is 7.92. The molecule has 1 N–H and O–H groups in total. The van der Waals surface area contributed by atoms with E-state index in [1.807, 2.05) is 24.3 Å². The summed E-state index contributed by atoms with van der Waals surface area (Å²) in [5.74, 6) is 0.569. The number of hydrogen-bond acceptors (Lipinski definition) is 2. The molecule has 2 nitrogen and oxygen atoms in total. The molecule has 1 unspecified atom stereocenters. The van der Waals surface area contributed by atoms with Crippen LogP contribution in [0.1, 0.15) is 0 Å². The van der Waals surface area contributed by atoms with Crippen LogP contribution in [-0.4, -0.2) is 10.4 Å². The lowest BCUT2D eigenvalue weighted by molar-refractivity contribution is 0.600. The highest BCUT2D eigenvalue weighted by atomic mass is 35.5. The molecule has 1 aromatic carbocycles. The summed E-state index contributed by atoms with van der Waals surface area (Å²) >= 11 is -0.809. The van der Waals surface area contributed by atoms with E-state index in [2.05, 4.69) is 5.32 Å². The van der Waals surface area contributed by atoms with E-state index in [0.717, 1.165) is 10.6 Å². The van der Waals surface area contributed by atoms with E-state index in [9.17, 15) is 4.55 Å². The molecule has 0 saturated heterocycles. The third-order valence-electron chi connectivity index (χ3n) is 1.53. The zero-order chi connectivity index (χ0) is 6.97. The lowest BCUT2D eigenvalue weighted by Gasteiger charge is -1.98. The van der Waals surface area contributed by atoms with Crippen molar-refractivity contribution in [3.63, 3.8) is 0 Å². The topological polar surface area (TPSA) is 35.1 Å². The Labute approximate surface area is 74.6 Å². The fourth-order valence-corrected chi connectivity index (χ4v) is 2.09. The van der Waals surface area contributed by atoms with Gasteiger partial charge in [0.2, 0.25) is 0 Å². The number of para-hydroxylation sites is 1. The zero-order valence-corrected chi connectivity index (χ0v) is 7.37. The fraction of sp³-hybridized carbons (Fsp3) is 0.143. The van der Waals surface area contributed by atoms with Crippen LogP contribution >= 0.6 is 12.4 Å². The summed E-state index contributed by atoms with van der Waals surface area (Å²) in [5.41, 5.74) is 1.01. The second-order valence-electron chi connectivity index (χ2n) is 2.16. The fourth-order valence-electron chi connectivity index (χ4n) is 1.03. The SMILES string of the molecule is Cl.[O-][S+]1CNc2ccccc21. The van der Waals surface area contributed by atoms with Gasteiger partial charge in [-0.05, 0) is 12.1 Å². The van der Waals surface area contributed by atoms with E-state index < -0.39 is 11.2 Å². The summed E-state index contributed by atoms with van der Waals surface area (Å²) in [6, 6.07) is 7.68. The first-order valence-corrected chi connectivity index (χ1v) is 4.41. The molecular weight excluding hydrogens is 182 g/mol. The first kappa shape index (κ1) is 8.71. The Kier molecular flexibility index (Phi) is 2.65. The molecule has 0 aliphatic carbocycles. The van der Waals surface area contributed by atoms with E-state index in [4.69, 9.17) is 0 Å². The van der Waals surface area contributed by atoms with Gasteiger partial charge >= 0.3 is 0 Å². The van der Waals surface area contributed by atoms with Crippen LogP contribution in [0.3, 0.4) is 0 Å². The number of anilines is 1. The molecule has 0 saturated carbocycles. The summed E-state index contributed by atoms with van der Waals surface area (Å²) < 4.78 is 11.1. The molecule has 1 aromatic rings. The van der Waals surface area contributed by atoms with Crippen LogP contribution in [0.2, 0.25) is 0 Å². The lowest BCUT2D eigenvalue weighted by atomic mass is 10.3. The molecule has 60 valence electrons. The molecule has 0 spiro atoms. The molecule has 11 heavy (non-hydrogen) atoms. The van der Waals surface area contributed by atoms with Gasteiger partial charge in [-0.3, -0.25) is 0 Å². The van der Waals surface area contributed by atoms with Crippen molar-refractivity contribution in [2.24, 2.45) is 0 Å². The summed E-state index contributed by atoms with van der Waals surface area (Å²) in [5, 5.41) is 3.05. The molecule has 1 atom stereocenters. The third kappa shape index (κ3) is 1.45. The standard InChI is InChI=1S/C7H7NOS.ClH/c9-10-5-8-6-3-1-2-4-7(6)10;/h1-4,8H,5H2;1H. The van der Waals surface area contributed by atoms with Gasteiger partial charge in [0, 0.05) is 11.2 Å². The Hall–Kier alpha value is -0.380. The van der Waals surface area contributed by atoms with Gasteiger partial charge in [0.25, 0.3) is 0 Å². The summed E-state index contributed by atoms with van der Waals surface area (Å²) in [4.78, 5) is 0.933. The maximum absolute atomic E-state index is 11.1. The molecule has 1 aliphatic heterocycles. The molecular formula is C7H8ClNOS. The maximum Gasteiger partial charge on any atom is 0.181 e. The minimum atomic E-state index is -0.809. The van der Waals surface area contributed by atoms with Crippen LogP contribution < -0.4 is 5.32 Å². The monoisotopic (exact) mass is 189 g/mol. The van der Waals surface area contributed by atoms with Crippen molar-refractivity contribution in [2.75, 3.05) is 11.2 Å². The van der Waals surface area contributed by atoms with Gasteiger partial charge in [0.15, 0.2) is 10.8 Å². The minimum absolute atomic E-state index is 0. The van der Waals surface area contributed by atoms with Gasteiger partial charge in [0.05, 0.1) is 5.69 Å². The van der Waals surface area contributed by atoms with Crippen LogP contribution in [0, 0.1) is 0 Å². The van der Waals surface area contributed by atoms with Crippen LogP contribution in [0.5, 0.6) is 0 Å². The highest BCUT2D eigenvalue weighted by Crippen LogP contribution is 2.27.